The third kappa shape index (κ3) is 3.12. The van der Waals surface area contributed by atoms with Gasteiger partial charge in [0.25, 0.3) is 0 Å². The Morgan fingerprint density at radius 3 is 2.92 bits per heavy atom. The van der Waals surface area contributed by atoms with Crippen LogP contribution in [0.3, 0.4) is 0 Å². The molecular weight excluding hydrogens is 322 g/mol. The molecular formula is C22H25N3O. The first-order valence-electron chi connectivity index (χ1n) is 9.36. The van der Waals surface area contributed by atoms with E-state index in [0.717, 1.165) is 38.2 Å². The summed E-state index contributed by atoms with van der Waals surface area (Å²) in [4.78, 5) is 19.2. The number of imidazole rings is 1. The van der Waals surface area contributed by atoms with Gasteiger partial charge in [-0.15, -0.1) is 0 Å². The number of carbonyl (C=O) groups is 1. The zero-order chi connectivity index (χ0) is 18.1. The van der Waals surface area contributed by atoms with Crippen LogP contribution >= 0.6 is 0 Å². The number of hydrogen-bond donors (Lipinski definition) is 0. The standard InChI is InChI=1S/C22H25N3O/c1-16-23-14-20-11-10-19(15-25(16)20)22(26)24(2)13-12-18-8-5-7-17-6-3-4-9-21(17)18/h3-9,14,19H,10-13,15H2,1-2H3. The molecule has 4 heteroatoms. The first kappa shape index (κ1) is 16.8. The second-order valence-electron chi connectivity index (χ2n) is 7.29. The fraction of sp³-hybridized carbons (Fsp3) is 0.364. The molecule has 2 heterocycles. The lowest BCUT2D eigenvalue weighted by molar-refractivity contribution is -0.135. The minimum atomic E-state index is 0.0629. The van der Waals surface area contributed by atoms with Gasteiger partial charge in [-0.3, -0.25) is 4.79 Å². The van der Waals surface area contributed by atoms with Crippen molar-refractivity contribution < 1.29 is 4.79 Å². The van der Waals surface area contributed by atoms with Gasteiger partial charge < -0.3 is 9.47 Å². The van der Waals surface area contributed by atoms with E-state index >= 15 is 0 Å². The zero-order valence-corrected chi connectivity index (χ0v) is 15.5. The van der Waals surface area contributed by atoms with Crippen LogP contribution < -0.4 is 0 Å². The molecule has 0 spiro atoms. The maximum atomic E-state index is 12.9. The number of fused-ring (bicyclic) bond motifs is 2. The SMILES string of the molecule is Cc1ncc2n1CC(C(=O)N(C)CCc1cccc3ccccc13)CC2. The Hall–Kier alpha value is -2.62. The van der Waals surface area contributed by atoms with Gasteiger partial charge in [-0.2, -0.15) is 0 Å². The van der Waals surface area contributed by atoms with E-state index < -0.39 is 0 Å². The lowest BCUT2D eigenvalue weighted by Gasteiger charge is -2.28. The van der Waals surface area contributed by atoms with Gasteiger partial charge in [-0.05, 0) is 42.5 Å². The summed E-state index contributed by atoms with van der Waals surface area (Å²) in [5.74, 6) is 1.33. The molecule has 3 aromatic rings. The summed E-state index contributed by atoms with van der Waals surface area (Å²) < 4.78 is 2.20. The quantitative estimate of drug-likeness (QED) is 0.723. The Kier molecular flexibility index (Phi) is 4.49. The number of benzene rings is 2. The third-order valence-electron chi connectivity index (χ3n) is 5.61. The molecule has 0 fully saturated rings. The third-order valence-corrected chi connectivity index (χ3v) is 5.61. The maximum Gasteiger partial charge on any atom is 0.227 e. The van der Waals surface area contributed by atoms with Crippen molar-refractivity contribution in [1.29, 1.82) is 0 Å². The van der Waals surface area contributed by atoms with E-state index in [9.17, 15) is 4.79 Å². The Labute approximate surface area is 154 Å². The molecule has 0 radical (unpaired) electrons. The van der Waals surface area contributed by atoms with Crippen molar-refractivity contribution in [3.63, 3.8) is 0 Å². The first-order chi connectivity index (χ1) is 12.6. The van der Waals surface area contributed by atoms with Gasteiger partial charge >= 0.3 is 0 Å². The lowest BCUT2D eigenvalue weighted by Crippen LogP contribution is -2.38. The second kappa shape index (κ2) is 6.94. The van der Waals surface area contributed by atoms with Crippen molar-refractivity contribution in [2.24, 2.45) is 5.92 Å². The van der Waals surface area contributed by atoms with Crippen LogP contribution in [0.4, 0.5) is 0 Å². The maximum absolute atomic E-state index is 12.9. The molecule has 1 amide bonds. The number of amides is 1. The molecule has 26 heavy (non-hydrogen) atoms. The van der Waals surface area contributed by atoms with Gasteiger partial charge in [0.2, 0.25) is 5.91 Å². The van der Waals surface area contributed by atoms with Crippen molar-refractivity contribution >= 4 is 16.7 Å². The smallest absolute Gasteiger partial charge is 0.227 e. The Bertz CT molecular complexity index is 938. The van der Waals surface area contributed by atoms with E-state index in [0.29, 0.717) is 0 Å². The minimum absolute atomic E-state index is 0.0629. The van der Waals surface area contributed by atoms with Gasteiger partial charge in [0, 0.05) is 32.0 Å². The van der Waals surface area contributed by atoms with Gasteiger partial charge in [-0.25, -0.2) is 4.98 Å². The van der Waals surface area contributed by atoms with E-state index in [1.807, 2.05) is 25.1 Å². The molecule has 0 saturated carbocycles. The van der Waals surface area contributed by atoms with E-state index in [2.05, 4.69) is 52.0 Å². The highest BCUT2D eigenvalue weighted by Crippen LogP contribution is 2.23. The molecule has 1 aliphatic heterocycles. The molecule has 4 nitrogen and oxygen atoms in total. The molecule has 0 N–H and O–H groups in total. The van der Waals surface area contributed by atoms with Crippen LogP contribution in [-0.4, -0.2) is 34.0 Å². The van der Waals surface area contributed by atoms with Crippen molar-refractivity contribution in [2.75, 3.05) is 13.6 Å². The minimum Gasteiger partial charge on any atom is -0.345 e. The van der Waals surface area contributed by atoms with Crippen LogP contribution in [0.2, 0.25) is 0 Å². The number of aromatic nitrogens is 2. The number of hydrogen-bond acceptors (Lipinski definition) is 2. The zero-order valence-electron chi connectivity index (χ0n) is 15.5. The average molecular weight is 347 g/mol. The Morgan fingerprint density at radius 1 is 1.23 bits per heavy atom. The predicted octanol–water partition coefficient (Wildman–Crippen LogP) is 3.61. The fourth-order valence-corrected chi connectivity index (χ4v) is 4.02. The van der Waals surface area contributed by atoms with Crippen molar-refractivity contribution in [1.82, 2.24) is 14.5 Å². The number of carbonyl (C=O) groups excluding carboxylic acids is 1. The van der Waals surface area contributed by atoms with Gasteiger partial charge in [-0.1, -0.05) is 42.5 Å². The molecule has 1 aromatic heterocycles. The highest BCUT2D eigenvalue weighted by molar-refractivity contribution is 5.85. The summed E-state index contributed by atoms with van der Waals surface area (Å²) in [6, 6.07) is 14.9. The summed E-state index contributed by atoms with van der Waals surface area (Å²) in [6.45, 7) is 3.53. The average Bonchev–Trinajstić information content (AvgIpc) is 3.05. The largest absolute Gasteiger partial charge is 0.345 e. The summed E-state index contributed by atoms with van der Waals surface area (Å²) >= 11 is 0. The van der Waals surface area contributed by atoms with Crippen LogP contribution in [0.15, 0.2) is 48.7 Å². The van der Waals surface area contributed by atoms with Crippen LogP contribution in [0.25, 0.3) is 10.8 Å². The molecule has 134 valence electrons. The Balaban J connectivity index is 1.43. The van der Waals surface area contributed by atoms with Gasteiger partial charge in [0.1, 0.15) is 5.82 Å². The van der Waals surface area contributed by atoms with Crippen molar-refractivity contribution in [2.45, 2.75) is 32.7 Å². The fourth-order valence-electron chi connectivity index (χ4n) is 4.02. The van der Waals surface area contributed by atoms with E-state index in [1.165, 1.54) is 22.0 Å². The summed E-state index contributed by atoms with van der Waals surface area (Å²) in [7, 11) is 1.93. The molecule has 2 aromatic carbocycles. The lowest BCUT2D eigenvalue weighted by atomic mass is 9.96. The second-order valence-corrected chi connectivity index (χ2v) is 7.29. The highest BCUT2D eigenvalue weighted by atomic mass is 16.2. The van der Waals surface area contributed by atoms with Crippen LogP contribution in [0, 0.1) is 12.8 Å². The van der Waals surface area contributed by atoms with E-state index in [-0.39, 0.29) is 11.8 Å². The van der Waals surface area contributed by atoms with Crippen LogP contribution in [0.5, 0.6) is 0 Å². The molecule has 1 atom stereocenters. The Morgan fingerprint density at radius 2 is 2.04 bits per heavy atom. The number of likely N-dealkylation sites (N-methyl/N-ethyl adjacent to an activating group) is 1. The topological polar surface area (TPSA) is 38.1 Å². The predicted molar refractivity (Wildman–Crippen MR) is 104 cm³/mol. The normalized spacial score (nSPS) is 16.5. The molecule has 0 bridgehead atoms. The van der Waals surface area contributed by atoms with Crippen LogP contribution in [-0.2, 0) is 24.2 Å². The number of rotatable bonds is 4. The van der Waals surface area contributed by atoms with E-state index in [1.54, 1.807) is 0 Å². The van der Waals surface area contributed by atoms with Crippen LogP contribution in [0.1, 0.15) is 23.5 Å². The van der Waals surface area contributed by atoms with Gasteiger partial charge in [0.15, 0.2) is 0 Å². The van der Waals surface area contributed by atoms with Crippen molar-refractivity contribution in [3.05, 3.63) is 65.7 Å². The molecule has 4 rings (SSSR count). The van der Waals surface area contributed by atoms with Crippen molar-refractivity contribution in [3.8, 4) is 0 Å². The molecule has 0 aliphatic carbocycles. The first-order valence-corrected chi connectivity index (χ1v) is 9.36. The monoisotopic (exact) mass is 347 g/mol. The van der Waals surface area contributed by atoms with E-state index in [4.69, 9.17) is 0 Å². The molecule has 0 saturated heterocycles. The molecule has 1 aliphatic rings. The van der Waals surface area contributed by atoms with Gasteiger partial charge in [0.05, 0.1) is 5.92 Å². The summed E-state index contributed by atoms with van der Waals surface area (Å²) in [6.07, 6.45) is 4.68. The molecule has 1 unspecified atom stereocenters. The number of nitrogens with zero attached hydrogens (tertiary/aromatic N) is 3. The number of aryl methyl sites for hydroxylation is 2. The summed E-state index contributed by atoms with van der Waals surface area (Å²) in [5, 5.41) is 2.54. The summed E-state index contributed by atoms with van der Waals surface area (Å²) in [5.41, 5.74) is 2.56. The highest BCUT2D eigenvalue weighted by Gasteiger charge is 2.27.